The third kappa shape index (κ3) is 2.63. The molecule has 2 unspecified atom stereocenters. The number of benzene rings is 1. The van der Waals surface area contributed by atoms with Crippen molar-refractivity contribution in [1.29, 1.82) is 0 Å². The van der Waals surface area contributed by atoms with Crippen LogP contribution in [-0.2, 0) is 0 Å². The molecule has 0 fully saturated rings. The number of hydrogen-bond acceptors (Lipinski definition) is 2. The Balaban J connectivity index is 2.04. The summed E-state index contributed by atoms with van der Waals surface area (Å²) in [5, 5.41) is 0. The maximum Gasteiger partial charge on any atom is 0.122 e. The molecule has 1 aliphatic rings. The predicted octanol–water partition coefficient (Wildman–Crippen LogP) is 3.32. The van der Waals surface area contributed by atoms with Gasteiger partial charge in [0.05, 0.1) is 6.61 Å². The summed E-state index contributed by atoms with van der Waals surface area (Å²) in [4.78, 5) is 0. The molecular formula is C15H23NO. The number of para-hydroxylation sites is 1. The fourth-order valence-corrected chi connectivity index (χ4v) is 2.71. The van der Waals surface area contributed by atoms with Crippen molar-refractivity contribution in [2.75, 3.05) is 6.61 Å². The van der Waals surface area contributed by atoms with Crippen LogP contribution in [0.25, 0.3) is 0 Å². The quantitative estimate of drug-likeness (QED) is 0.846. The lowest BCUT2D eigenvalue weighted by Gasteiger charge is -2.22. The van der Waals surface area contributed by atoms with Crippen LogP contribution >= 0.6 is 0 Å². The van der Waals surface area contributed by atoms with E-state index in [9.17, 15) is 0 Å². The first-order chi connectivity index (χ1) is 8.26. The summed E-state index contributed by atoms with van der Waals surface area (Å²) < 4.78 is 5.70. The smallest absolute Gasteiger partial charge is 0.122 e. The lowest BCUT2D eigenvalue weighted by Crippen LogP contribution is -2.31. The van der Waals surface area contributed by atoms with Crippen molar-refractivity contribution < 1.29 is 4.74 Å². The summed E-state index contributed by atoms with van der Waals surface area (Å²) >= 11 is 0. The van der Waals surface area contributed by atoms with Gasteiger partial charge in [-0.15, -0.1) is 0 Å². The molecule has 1 aromatic rings. The van der Waals surface area contributed by atoms with Crippen molar-refractivity contribution in [2.24, 2.45) is 11.7 Å². The molecule has 2 nitrogen and oxygen atoms in total. The maximum atomic E-state index is 6.37. The van der Waals surface area contributed by atoms with Crippen molar-refractivity contribution in [1.82, 2.24) is 0 Å². The molecule has 1 aromatic carbocycles. The fraction of sp³-hybridized carbons (Fsp3) is 0.600. The van der Waals surface area contributed by atoms with E-state index in [0.29, 0.717) is 5.92 Å². The van der Waals surface area contributed by atoms with Gasteiger partial charge in [-0.2, -0.15) is 0 Å². The van der Waals surface area contributed by atoms with Crippen molar-refractivity contribution in [2.45, 2.75) is 45.1 Å². The van der Waals surface area contributed by atoms with Crippen LogP contribution in [0.15, 0.2) is 24.3 Å². The minimum atomic E-state index is 0.226. The lowest BCUT2D eigenvalue weighted by molar-refractivity contribution is 0.292. The number of rotatable bonds is 5. The van der Waals surface area contributed by atoms with E-state index in [0.717, 1.165) is 24.7 Å². The van der Waals surface area contributed by atoms with Crippen LogP contribution in [0, 0.1) is 5.92 Å². The normalized spacial score (nSPS) is 20.1. The Bertz CT molecular complexity index is 360. The Morgan fingerprint density at radius 3 is 2.71 bits per heavy atom. The molecule has 1 heterocycles. The summed E-state index contributed by atoms with van der Waals surface area (Å²) in [5.74, 6) is 2.15. The Hall–Kier alpha value is -1.02. The zero-order chi connectivity index (χ0) is 12.3. The monoisotopic (exact) mass is 233 g/mol. The standard InChI is InChI=1S/C15H23NO/c1-3-11(4-2)9-14(16)13-10-17-15-8-6-5-7-12(13)15/h5-8,11,13-14H,3-4,9-10,16H2,1-2H3. The van der Waals surface area contributed by atoms with Crippen LogP contribution in [-0.4, -0.2) is 12.6 Å². The SMILES string of the molecule is CCC(CC)CC(N)C1COc2ccccc21. The van der Waals surface area contributed by atoms with Gasteiger partial charge in [-0.3, -0.25) is 0 Å². The maximum absolute atomic E-state index is 6.37. The second-order valence-corrected chi connectivity index (χ2v) is 5.04. The Labute approximate surface area is 104 Å². The highest BCUT2D eigenvalue weighted by atomic mass is 16.5. The highest BCUT2D eigenvalue weighted by Crippen LogP contribution is 2.36. The molecule has 2 rings (SSSR count). The summed E-state index contributed by atoms with van der Waals surface area (Å²) in [6.07, 6.45) is 3.55. The van der Waals surface area contributed by atoms with Crippen molar-refractivity contribution in [3.63, 3.8) is 0 Å². The highest BCUT2D eigenvalue weighted by Gasteiger charge is 2.29. The van der Waals surface area contributed by atoms with E-state index in [1.54, 1.807) is 0 Å². The molecule has 2 N–H and O–H groups in total. The zero-order valence-corrected chi connectivity index (χ0v) is 10.9. The second-order valence-electron chi connectivity index (χ2n) is 5.04. The molecule has 0 radical (unpaired) electrons. The average Bonchev–Trinajstić information content (AvgIpc) is 2.79. The largest absolute Gasteiger partial charge is 0.493 e. The highest BCUT2D eigenvalue weighted by molar-refractivity contribution is 5.40. The van der Waals surface area contributed by atoms with Gasteiger partial charge < -0.3 is 10.5 Å². The molecule has 0 saturated heterocycles. The predicted molar refractivity (Wildman–Crippen MR) is 71.3 cm³/mol. The number of hydrogen-bond donors (Lipinski definition) is 1. The van der Waals surface area contributed by atoms with E-state index in [1.807, 2.05) is 12.1 Å². The van der Waals surface area contributed by atoms with Crippen LogP contribution in [0.2, 0.25) is 0 Å². The Kier molecular flexibility index (Phi) is 4.06. The summed E-state index contributed by atoms with van der Waals surface area (Å²) in [6, 6.07) is 8.51. The van der Waals surface area contributed by atoms with Crippen molar-refractivity contribution in [3.8, 4) is 5.75 Å². The molecular weight excluding hydrogens is 210 g/mol. The summed E-state index contributed by atoms with van der Waals surface area (Å²) in [6.45, 7) is 5.25. The second kappa shape index (κ2) is 5.54. The first-order valence-electron chi connectivity index (χ1n) is 6.73. The van der Waals surface area contributed by atoms with Gasteiger partial charge in [0.15, 0.2) is 0 Å². The van der Waals surface area contributed by atoms with E-state index >= 15 is 0 Å². The molecule has 17 heavy (non-hydrogen) atoms. The van der Waals surface area contributed by atoms with Gasteiger partial charge in [0.25, 0.3) is 0 Å². The minimum absolute atomic E-state index is 0.226. The van der Waals surface area contributed by atoms with Crippen LogP contribution in [0.5, 0.6) is 5.75 Å². The van der Waals surface area contributed by atoms with Crippen molar-refractivity contribution in [3.05, 3.63) is 29.8 Å². The van der Waals surface area contributed by atoms with Gasteiger partial charge in [0, 0.05) is 17.5 Å². The summed E-state index contributed by atoms with van der Waals surface area (Å²) in [7, 11) is 0. The molecule has 0 saturated carbocycles. The van der Waals surface area contributed by atoms with Gasteiger partial charge in [0.2, 0.25) is 0 Å². The van der Waals surface area contributed by atoms with Crippen LogP contribution in [0.1, 0.15) is 44.6 Å². The molecule has 94 valence electrons. The van der Waals surface area contributed by atoms with Crippen molar-refractivity contribution >= 4 is 0 Å². The van der Waals surface area contributed by atoms with Crippen LogP contribution < -0.4 is 10.5 Å². The van der Waals surface area contributed by atoms with Gasteiger partial charge in [-0.25, -0.2) is 0 Å². The number of ether oxygens (including phenoxy) is 1. The van der Waals surface area contributed by atoms with Crippen LogP contribution in [0.4, 0.5) is 0 Å². The molecule has 2 atom stereocenters. The molecule has 0 bridgehead atoms. The zero-order valence-electron chi connectivity index (χ0n) is 10.9. The Morgan fingerprint density at radius 2 is 2.00 bits per heavy atom. The molecule has 0 amide bonds. The molecule has 0 spiro atoms. The lowest BCUT2D eigenvalue weighted by atomic mass is 9.86. The van der Waals surface area contributed by atoms with E-state index in [-0.39, 0.29) is 6.04 Å². The van der Waals surface area contributed by atoms with Gasteiger partial charge in [0.1, 0.15) is 5.75 Å². The number of nitrogens with two attached hydrogens (primary N) is 1. The van der Waals surface area contributed by atoms with E-state index in [4.69, 9.17) is 10.5 Å². The molecule has 2 heteroatoms. The molecule has 1 aliphatic heterocycles. The fourth-order valence-electron chi connectivity index (χ4n) is 2.71. The summed E-state index contributed by atoms with van der Waals surface area (Å²) in [5.41, 5.74) is 7.66. The first-order valence-corrected chi connectivity index (χ1v) is 6.73. The first kappa shape index (κ1) is 12.4. The topological polar surface area (TPSA) is 35.2 Å². The van der Waals surface area contributed by atoms with Crippen LogP contribution in [0.3, 0.4) is 0 Å². The van der Waals surface area contributed by atoms with Gasteiger partial charge in [-0.05, 0) is 18.4 Å². The minimum Gasteiger partial charge on any atom is -0.493 e. The Morgan fingerprint density at radius 1 is 1.29 bits per heavy atom. The van der Waals surface area contributed by atoms with E-state index < -0.39 is 0 Å². The third-order valence-electron chi connectivity index (χ3n) is 4.01. The van der Waals surface area contributed by atoms with E-state index in [2.05, 4.69) is 26.0 Å². The van der Waals surface area contributed by atoms with E-state index in [1.165, 1.54) is 18.4 Å². The van der Waals surface area contributed by atoms with Gasteiger partial charge in [-0.1, -0.05) is 44.9 Å². The number of fused-ring (bicyclic) bond motifs is 1. The molecule has 0 aromatic heterocycles. The van der Waals surface area contributed by atoms with Gasteiger partial charge >= 0.3 is 0 Å². The molecule has 0 aliphatic carbocycles. The average molecular weight is 233 g/mol. The third-order valence-corrected chi connectivity index (χ3v) is 4.01.